The molecule has 2 aromatic rings. The molecule has 0 aliphatic carbocycles. The van der Waals surface area contributed by atoms with Gasteiger partial charge >= 0.3 is 23.3 Å². The highest BCUT2D eigenvalue weighted by Crippen LogP contribution is 2.47. The summed E-state index contributed by atoms with van der Waals surface area (Å²) < 4.78 is 10.2. The molecule has 0 unspecified atom stereocenters. The summed E-state index contributed by atoms with van der Waals surface area (Å²) in [5.74, 6) is -3.60. The Labute approximate surface area is 174 Å². The van der Waals surface area contributed by atoms with Crippen LogP contribution in [-0.2, 0) is 15.0 Å². The summed E-state index contributed by atoms with van der Waals surface area (Å²) in [6.07, 6.45) is 0. The molecule has 0 aromatic heterocycles. The lowest BCUT2D eigenvalue weighted by atomic mass is 9.76. The van der Waals surface area contributed by atoms with Gasteiger partial charge in [-0.15, -0.1) is 0 Å². The standard InChI is InChI=1S/C19H18N2O10/c1-9(22)30-17-7-15(24)13(20(26)27)5-11(17)19(3,4)12-6-14(21(28)29)16(25)8-18(12)31-10(2)23/h5-8,24-25H,1-4H3. The summed E-state index contributed by atoms with van der Waals surface area (Å²) in [7, 11) is 0. The Morgan fingerprint density at radius 3 is 1.39 bits per heavy atom. The monoisotopic (exact) mass is 434 g/mol. The van der Waals surface area contributed by atoms with Crippen molar-refractivity contribution in [2.75, 3.05) is 0 Å². The van der Waals surface area contributed by atoms with Crippen LogP contribution >= 0.6 is 0 Å². The van der Waals surface area contributed by atoms with Crippen LogP contribution in [0.5, 0.6) is 23.0 Å². The van der Waals surface area contributed by atoms with Gasteiger partial charge in [-0.3, -0.25) is 29.8 Å². The molecule has 0 aliphatic heterocycles. The first-order chi connectivity index (χ1) is 14.2. The fourth-order valence-corrected chi connectivity index (χ4v) is 3.01. The lowest BCUT2D eigenvalue weighted by Crippen LogP contribution is -2.23. The number of rotatable bonds is 6. The molecule has 164 valence electrons. The number of phenolic OH excluding ortho intramolecular Hbond substituents is 2. The third kappa shape index (κ3) is 4.69. The number of ether oxygens (including phenoxy) is 2. The van der Waals surface area contributed by atoms with Crippen LogP contribution in [0.1, 0.15) is 38.8 Å². The van der Waals surface area contributed by atoms with Crippen molar-refractivity contribution in [2.45, 2.75) is 33.1 Å². The van der Waals surface area contributed by atoms with Crippen LogP contribution in [0, 0.1) is 20.2 Å². The zero-order valence-electron chi connectivity index (χ0n) is 16.9. The van der Waals surface area contributed by atoms with Gasteiger partial charge in [-0.2, -0.15) is 0 Å². The first kappa shape index (κ1) is 23.1. The molecule has 12 nitrogen and oxygen atoms in total. The number of aromatic hydroxyl groups is 2. The van der Waals surface area contributed by atoms with Crippen LogP contribution in [0.2, 0.25) is 0 Å². The molecule has 0 bridgehead atoms. The van der Waals surface area contributed by atoms with Crippen LogP contribution in [-0.4, -0.2) is 32.0 Å². The van der Waals surface area contributed by atoms with Crippen molar-refractivity contribution in [1.82, 2.24) is 0 Å². The summed E-state index contributed by atoms with van der Waals surface area (Å²) >= 11 is 0. The van der Waals surface area contributed by atoms with Crippen molar-refractivity contribution in [1.29, 1.82) is 0 Å². The number of phenols is 2. The Morgan fingerprint density at radius 1 is 0.806 bits per heavy atom. The molecule has 0 atom stereocenters. The van der Waals surface area contributed by atoms with Gasteiger partial charge in [0.05, 0.1) is 9.85 Å². The molecule has 0 spiro atoms. The molecule has 0 saturated heterocycles. The van der Waals surface area contributed by atoms with E-state index in [2.05, 4.69) is 0 Å². The largest absolute Gasteiger partial charge is 0.502 e. The molecule has 2 aromatic carbocycles. The predicted molar refractivity (Wildman–Crippen MR) is 104 cm³/mol. The number of hydrogen-bond acceptors (Lipinski definition) is 10. The van der Waals surface area contributed by atoms with Gasteiger partial charge in [-0.1, -0.05) is 13.8 Å². The van der Waals surface area contributed by atoms with E-state index in [1.165, 1.54) is 13.8 Å². The Kier molecular flexibility index (Phi) is 6.14. The molecule has 0 saturated carbocycles. The summed E-state index contributed by atoms with van der Waals surface area (Å²) in [6.45, 7) is 5.09. The minimum atomic E-state index is -1.41. The van der Waals surface area contributed by atoms with Crippen molar-refractivity contribution in [3.63, 3.8) is 0 Å². The van der Waals surface area contributed by atoms with Crippen molar-refractivity contribution in [3.8, 4) is 23.0 Å². The molecule has 12 heteroatoms. The number of benzene rings is 2. The van der Waals surface area contributed by atoms with Gasteiger partial charge in [0, 0.05) is 54.7 Å². The van der Waals surface area contributed by atoms with Crippen LogP contribution in [0.3, 0.4) is 0 Å². The van der Waals surface area contributed by atoms with Gasteiger partial charge < -0.3 is 19.7 Å². The van der Waals surface area contributed by atoms with E-state index in [1.807, 2.05) is 0 Å². The second kappa shape index (κ2) is 8.26. The summed E-state index contributed by atoms with van der Waals surface area (Å²) in [5.41, 5.74) is -2.85. The Hall–Kier alpha value is -4.22. The van der Waals surface area contributed by atoms with Crippen molar-refractivity contribution in [2.24, 2.45) is 0 Å². The fraction of sp³-hybridized carbons (Fsp3) is 0.263. The second-order valence-corrected chi connectivity index (χ2v) is 7.00. The number of nitro groups is 2. The average Bonchev–Trinajstić information content (AvgIpc) is 2.59. The maximum absolute atomic E-state index is 11.5. The maximum Gasteiger partial charge on any atom is 0.311 e. The number of hydrogen-bond donors (Lipinski definition) is 2. The molecule has 2 rings (SSSR count). The number of esters is 2. The Balaban J connectivity index is 2.89. The lowest BCUT2D eigenvalue weighted by Gasteiger charge is -2.29. The van der Waals surface area contributed by atoms with Crippen LogP contribution in [0.4, 0.5) is 11.4 Å². The zero-order valence-corrected chi connectivity index (χ0v) is 16.9. The van der Waals surface area contributed by atoms with E-state index in [0.29, 0.717) is 0 Å². The predicted octanol–water partition coefficient (Wildman–Crippen LogP) is 3.09. The first-order valence-corrected chi connectivity index (χ1v) is 8.66. The molecule has 2 N–H and O–H groups in total. The molecule has 0 radical (unpaired) electrons. The molecular formula is C19H18N2O10. The summed E-state index contributed by atoms with van der Waals surface area (Å²) in [4.78, 5) is 44.0. The zero-order chi connectivity index (χ0) is 23.7. The van der Waals surface area contributed by atoms with Gasteiger partial charge in [0.1, 0.15) is 11.5 Å². The van der Waals surface area contributed by atoms with E-state index in [-0.39, 0.29) is 22.6 Å². The van der Waals surface area contributed by atoms with E-state index in [4.69, 9.17) is 9.47 Å². The van der Waals surface area contributed by atoms with Gasteiger partial charge in [-0.05, 0) is 0 Å². The topological polar surface area (TPSA) is 179 Å². The summed E-state index contributed by atoms with van der Waals surface area (Å²) in [6, 6.07) is 3.64. The fourth-order valence-electron chi connectivity index (χ4n) is 3.01. The van der Waals surface area contributed by atoms with Crippen LogP contribution in [0.25, 0.3) is 0 Å². The van der Waals surface area contributed by atoms with Crippen molar-refractivity contribution < 1.29 is 39.1 Å². The molecule has 0 heterocycles. The molecule has 31 heavy (non-hydrogen) atoms. The Bertz CT molecular complexity index is 1020. The highest BCUT2D eigenvalue weighted by atomic mass is 16.6. The van der Waals surface area contributed by atoms with E-state index in [1.54, 1.807) is 0 Å². The normalized spacial score (nSPS) is 11.0. The minimum Gasteiger partial charge on any atom is -0.502 e. The van der Waals surface area contributed by atoms with Gasteiger partial charge in [-0.25, -0.2) is 0 Å². The highest BCUT2D eigenvalue weighted by molar-refractivity contribution is 5.74. The lowest BCUT2D eigenvalue weighted by molar-refractivity contribution is -0.386. The molecule has 0 aliphatic rings. The van der Waals surface area contributed by atoms with E-state index in [0.717, 1.165) is 38.1 Å². The molecule has 0 amide bonds. The third-order valence-electron chi connectivity index (χ3n) is 4.40. The van der Waals surface area contributed by atoms with E-state index in [9.17, 15) is 40.0 Å². The smallest absolute Gasteiger partial charge is 0.311 e. The van der Waals surface area contributed by atoms with Gasteiger partial charge in [0.25, 0.3) is 0 Å². The van der Waals surface area contributed by atoms with Gasteiger partial charge in [0.2, 0.25) is 0 Å². The van der Waals surface area contributed by atoms with E-state index < -0.39 is 50.1 Å². The average molecular weight is 434 g/mol. The number of nitro benzene ring substituents is 2. The maximum atomic E-state index is 11.5. The third-order valence-corrected chi connectivity index (χ3v) is 4.40. The van der Waals surface area contributed by atoms with Gasteiger partial charge in [0.15, 0.2) is 11.5 Å². The highest BCUT2D eigenvalue weighted by Gasteiger charge is 2.36. The SMILES string of the molecule is CC(=O)Oc1cc(O)c([N+](=O)[O-])cc1C(C)(C)c1cc([N+](=O)[O-])c(O)cc1OC(C)=O. The molecular weight excluding hydrogens is 416 g/mol. The Morgan fingerprint density at radius 2 is 1.13 bits per heavy atom. The number of carbonyl (C=O) groups is 2. The summed E-state index contributed by atoms with van der Waals surface area (Å²) in [5, 5.41) is 42.5. The van der Waals surface area contributed by atoms with Crippen LogP contribution in [0.15, 0.2) is 24.3 Å². The first-order valence-electron chi connectivity index (χ1n) is 8.66. The minimum absolute atomic E-state index is 0.0133. The van der Waals surface area contributed by atoms with E-state index >= 15 is 0 Å². The number of nitrogens with zero attached hydrogens (tertiary/aromatic N) is 2. The van der Waals surface area contributed by atoms with Crippen molar-refractivity contribution >= 4 is 23.3 Å². The van der Waals surface area contributed by atoms with Crippen LogP contribution < -0.4 is 9.47 Å². The number of carbonyl (C=O) groups excluding carboxylic acids is 2. The molecule has 0 fully saturated rings. The second-order valence-electron chi connectivity index (χ2n) is 7.00. The van der Waals surface area contributed by atoms with Crippen molar-refractivity contribution in [3.05, 3.63) is 55.6 Å². The quantitative estimate of drug-likeness (QED) is 0.297.